The highest BCUT2D eigenvalue weighted by Gasteiger charge is 2.23. The molecule has 4 heteroatoms. The molecule has 1 amide bonds. The lowest BCUT2D eigenvalue weighted by molar-refractivity contribution is -0.121. The summed E-state index contributed by atoms with van der Waals surface area (Å²) in [7, 11) is 1.71. The monoisotopic (exact) mass is 228 g/mol. The predicted octanol–water partition coefficient (Wildman–Crippen LogP) is 0.916. The average molecular weight is 228 g/mol. The zero-order chi connectivity index (χ0) is 12.0. The minimum atomic E-state index is 0.162. The van der Waals surface area contributed by atoms with Crippen molar-refractivity contribution in [3.63, 3.8) is 0 Å². The maximum Gasteiger partial charge on any atom is 0.221 e. The first-order chi connectivity index (χ1) is 7.63. The Morgan fingerprint density at radius 3 is 2.62 bits per heavy atom. The first-order valence-electron chi connectivity index (χ1n) is 6.15. The third-order valence-corrected chi connectivity index (χ3v) is 2.85. The van der Waals surface area contributed by atoms with Crippen LogP contribution in [0.4, 0.5) is 0 Å². The molecule has 1 unspecified atom stereocenters. The van der Waals surface area contributed by atoms with Crippen molar-refractivity contribution in [1.82, 2.24) is 10.6 Å². The largest absolute Gasteiger partial charge is 0.383 e. The van der Waals surface area contributed by atoms with Gasteiger partial charge in [-0.05, 0) is 18.8 Å². The van der Waals surface area contributed by atoms with Crippen LogP contribution in [-0.4, -0.2) is 38.3 Å². The van der Waals surface area contributed by atoms with E-state index in [0.29, 0.717) is 31.0 Å². The SMILES string of the molecule is COCC(NCCC(=O)NC1CC1)C(C)C. The predicted molar refractivity (Wildman–Crippen MR) is 64.3 cm³/mol. The van der Waals surface area contributed by atoms with Crippen molar-refractivity contribution in [3.05, 3.63) is 0 Å². The maximum atomic E-state index is 11.4. The Hall–Kier alpha value is -0.610. The number of rotatable bonds is 8. The average Bonchev–Trinajstić information content (AvgIpc) is 3.00. The second-order valence-corrected chi connectivity index (χ2v) is 4.85. The third-order valence-electron chi connectivity index (χ3n) is 2.85. The van der Waals surface area contributed by atoms with Crippen molar-refractivity contribution in [1.29, 1.82) is 0 Å². The lowest BCUT2D eigenvalue weighted by Gasteiger charge is -2.21. The van der Waals surface area contributed by atoms with Gasteiger partial charge in [0.1, 0.15) is 0 Å². The van der Waals surface area contributed by atoms with Gasteiger partial charge < -0.3 is 15.4 Å². The quantitative estimate of drug-likeness (QED) is 0.649. The van der Waals surface area contributed by atoms with Gasteiger partial charge >= 0.3 is 0 Å². The molecule has 0 heterocycles. The molecular weight excluding hydrogens is 204 g/mol. The van der Waals surface area contributed by atoms with Crippen LogP contribution in [0.5, 0.6) is 0 Å². The highest BCUT2D eigenvalue weighted by atomic mass is 16.5. The molecule has 0 aromatic heterocycles. The van der Waals surface area contributed by atoms with Gasteiger partial charge in [-0.1, -0.05) is 13.8 Å². The molecule has 0 saturated heterocycles. The molecule has 0 aliphatic heterocycles. The summed E-state index contributed by atoms with van der Waals surface area (Å²) in [6, 6.07) is 0.797. The molecule has 94 valence electrons. The molecule has 0 radical (unpaired) electrons. The standard InChI is InChI=1S/C12H24N2O2/c1-9(2)11(8-16-3)13-7-6-12(15)14-10-4-5-10/h9-11,13H,4-8H2,1-3H3,(H,14,15). The molecule has 1 aliphatic rings. The molecule has 2 N–H and O–H groups in total. The summed E-state index contributed by atoms with van der Waals surface area (Å²) >= 11 is 0. The first kappa shape index (κ1) is 13.5. The van der Waals surface area contributed by atoms with Gasteiger partial charge in [0.2, 0.25) is 5.91 Å². The highest BCUT2D eigenvalue weighted by Crippen LogP contribution is 2.18. The molecule has 1 fully saturated rings. The maximum absolute atomic E-state index is 11.4. The molecule has 0 bridgehead atoms. The second kappa shape index (κ2) is 6.86. The Balaban J connectivity index is 2.08. The van der Waals surface area contributed by atoms with Crippen LogP contribution in [0.1, 0.15) is 33.1 Å². The topological polar surface area (TPSA) is 50.4 Å². The number of hydrogen-bond donors (Lipinski definition) is 2. The van der Waals surface area contributed by atoms with E-state index in [2.05, 4.69) is 24.5 Å². The third kappa shape index (κ3) is 5.47. The van der Waals surface area contributed by atoms with E-state index < -0.39 is 0 Å². The second-order valence-electron chi connectivity index (χ2n) is 4.85. The Kier molecular flexibility index (Phi) is 5.77. The van der Waals surface area contributed by atoms with Crippen LogP contribution in [0, 0.1) is 5.92 Å². The summed E-state index contributed by atoms with van der Waals surface area (Å²) < 4.78 is 5.13. The van der Waals surface area contributed by atoms with E-state index in [1.807, 2.05) is 0 Å². The Bertz CT molecular complexity index is 215. The molecule has 0 aromatic rings. The van der Waals surface area contributed by atoms with Gasteiger partial charge in [-0.15, -0.1) is 0 Å². The van der Waals surface area contributed by atoms with Crippen LogP contribution in [0.3, 0.4) is 0 Å². The van der Waals surface area contributed by atoms with E-state index in [0.717, 1.165) is 19.4 Å². The smallest absolute Gasteiger partial charge is 0.221 e. The van der Waals surface area contributed by atoms with E-state index in [1.54, 1.807) is 7.11 Å². The number of ether oxygens (including phenoxy) is 1. The number of nitrogens with one attached hydrogen (secondary N) is 2. The molecule has 1 rings (SSSR count). The summed E-state index contributed by atoms with van der Waals surface area (Å²) in [5, 5.41) is 6.34. The van der Waals surface area contributed by atoms with Crippen molar-refractivity contribution in [2.75, 3.05) is 20.3 Å². The Morgan fingerprint density at radius 1 is 1.44 bits per heavy atom. The van der Waals surface area contributed by atoms with Crippen molar-refractivity contribution in [3.8, 4) is 0 Å². The molecule has 1 saturated carbocycles. The van der Waals surface area contributed by atoms with Crippen LogP contribution in [0.15, 0.2) is 0 Å². The van der Waals surface area contributed by atoms with Crippen molar-refractivity contribution < 1.29 is 9.53 Å². The number of hydrogen-bond acceptors (Lipinski definition) is 3. The Morgan fingerprint density at radius 2 is 2.12 bits per heavy atom. The van der Waals surface area contributed by atoms with Gasteiger partial charge in [-0.25, -0.2) is 0 Å². The van der Waals surface area contributed by atoms with Gasteiger partial charge in [-0.2, -0.15) is 0 Å². The fourth-order valence-corrected chi connectivity index (χ4v) is 1.57. The lowest BCUT2D eigenvalue weighted by Crippen LogP contribution is -2.40. The molecular formula is C12H24N2O2. The fourth-order valence-electron chi connectivity index (χ4n) is 1.57. The van der Waals surface area contributed by atoms with Crippen molar-refractivity contribution in [2.24, 2.45) is 5.92 Å². The van der Waals surface area contributed by atoms with Gasteiger partial charge in [-0.3, -0.25) is 4.79 Å². The molecule has 1 atom stereocenters. The van der Waals surface area contributed by atoms with Crippen LogP contribution < -0.4 is 10.6 Å². The zero-order valence-electron chi connectivity index (χ0n) is 10.6. The molecule has 0 spiro atoms. The van der Waals surface area contributed by atoms with E-state index in [4.69, 9.17) is 4.74 Å². The summed E-state index contributed by atoms with van der Waals surface area (Å²) in [6.07, 6.45) is 2.86. The lowest BCUT2D eigenvalue weighted by atomic mass is 10.1. The zero-order valence-corrected chi connectivity index (χ0v) is 10.6. The van der Waals surface area contributed by atoms with E-state index in [1.165, 1.54) is 0 Å². The summed E-state index contributed by atoms with van der Waals surface area (Å²) in [6.45, 7) is 5.73. The number of carbonyl (C=O) groups excluding carboxylic acids is 1. The molecule has 0 aromatic carbocycles. The van der Waals surface area contributed by atoms with E-state index in [9.17, 15) is 4.79 Å². The van der Waals surface area contributed by atoms with Crippen LogP contribution in [-0.2, 0) is 9.53 Å². The van der Waals surface area contributed by atoms with Crippen molar-refractivity contribution >= 4 is 5.91 Å². The summed E-state index contributed by atoms with van der Waals surface area (Å²) in [4.78, 5) is 11.4. The van der Waals surface area contributed by atoms with Gasteiger partial charge in [0, 0.05) is 32.2 Å². The molecule has 4 nitrogen and oxygen atoms in total. The van der Waals surface area contributed by atoms with E-state index >= 15 is 0 Å². The summed E-state index contributed by atoms with van der Waals surface area (Å²) in [5.74, 6) is 0.682. The van der Waals surface area contributed by atoms with Crippen LogP contribution >= 0.6 is 0 Å². The molecule has 1 aliphatic carbocycles. The van der Waals surface area contributed by atoms with Gasteiger partial charge in [0.25, 0.3) is 0 Å². The van der Waals surface area contributed by atoms with Crippen LogP contribution in [0.2, 0.25) is 0 Å². The minimum absolute atomic E-state index is 0.162. The fraction of sp³-hybridized carbons (Fsp3) is 0.917. The summed E-state index contributed by atoms with van der Waals surface area (Å²) in [5.41, 5.74) is 0. The van der Waals surface area contributed by atoms with Gasteiger partial charge in [0.15, 0.2) is 0 Å². The molecule has 16 heavy (non-hydrogen) atoms. The Labute approximate surface area is 98.1 Å². The number of carbonyl (C=O) groups is 1. The van der Waals surface area contributed by atoms with Gasteiger partial charge in [0.05, 0.1) is 6.61 Å². The number of amides is 1. The first-order valence-corrected chi connectivity index (χ1v) is 6.15. The van der Waals surface area contributed by atoms with Crippen molar-refractivity contribution in [2.45, 2.75) is 45.2 Å². The van der Waals surface area contributed by atoms with Crippen LogP contribution in [0.25, 0.3) is 0 Å². The number of methoxy groups -OCH3 is 1. The highest BCUT2D eigenvalue weighted by molar-refractivity contribution is 5.76. The normalized spacial score (nSPS) is 17.5. The minimum Gasteiger partial charge on any atom is -0.383 e. The van der Waals surface area contributed by atoms with E-state index in [-0.39, 0.29) is 5.91 Å².